The van der Waals surface area contributed by atoms with Gasteiger partial charge in [0.05, 0.1) is 5.88 Å². The highest BCUT2D eigenvalue weighted by Gasteiger charge is 2.14. The van der Waals surface area contributed by atoms with E-state index in [0.29, 0.717) is 5.88 Å². The number of benzene rings is 2. The van der Waals surface area contributed by atoms with Crippen LogP contribution in [0.4, 0.5) is 5.82 Å². The highest BCUT2D eigenvalue weighted by atomic mass is 79.9. The molecule has 0 aliphatic heterocycles. The number of rotatable bonds is 6. The number of pyridine rings is 1. The van der Waals surface area contributed by atoms with Crippen molar-refractivity contribution in [2.45, 2.75) is 19.0 Å². The van der Waals surface area contributed by atoms with E-state index in [1.807, 2.05) is 24.4 Å². The molecule has 2 aromatic carbocycles. The Bertz CT molecular complexity index is 737. The third-order valence-corrected chi connectivity index (χ3v) is 4.51. The van der Waals surface area contributed by atoms with Crippen LogP contribution in [0, 0.1) is 0 Å². The summed E-state index contributed by atoms with van der Waals surface area (Å²) < 4.78 is 0.946. The van der Waals surface area contributed by atoms with Gasteiger partial charge >= 0.3 is 0 Å². The largest absolute Gasteiger partial charge is 0.348 e. The minimum absolute atomic E-state index is 0.432. The molecule has 24 heavy (non-hydrogen) atoms. The molecule has 1 heterocycles. The van der Waals surface area contributed by atoms with Crippen molar-refractivity contribution in [3.63, 3.8) is 0 Å². The fraction of sp³-hybridized carbons (Fsp3) is 0.150. The number of alkyl halides is 1. The molecule has 0 spiro atoms. The summed E-state index contributed by atoms with van der Waals surface area (Å²) in [4.78, 5) is 6.91. The summed E-state index contributed by atoms with van der Waals surface area (Å²) in [5, 5.41) is 0. The van der Waals surface area contributed by atoms with Crippen molar-refractivity contribution in [3.05, 3.63) is 94.1 Å². The fourth-order valence-electron chi connectivity index (χ4n) is 2.67. The van der Waals surface area contributed by atoms with Crippen molar-refractivity contribution in [2.24, 2.45) is 0 Å². The van der Waals surface area contributed by atoms with Gasteiger partial charge in [-0.3, -0.25) is 0 Å². The Labute approximate surface area is 156 Å². The topological polar surface area (TPSA) is 16.1 Å². The minimum Gasteiger partial charge on any atom is -0.348 e. The Balaban J connectivity index is 1.95. The Hall–Kier alpha value is -1.84. The zero-order valence-corrected chi connectivity index (χ0v) is 15.5. The second kappa shape index (κ2) is 8.32. The summed E-state index contributed by atoms with van der Waals surface area (Å²) in [6.07, 6.45) is 1.83. The molecule has 3 rings (SSSR count). The second-order valence-electron chi connectivity index (χ2n) is 5.60. The number of aromatic nitrogens is 1. The predicted molar refractivity (Wildman–Crippen MR) is 104 cm³/mol. The van der Waals surface area contributed by atoms with Crippen LogP contribution in [0.25, 0.3) is 0 Å². The van der Waals surface area contributed by atoms with Crippen molar-refractivity contribution >= 4 is 33.3 Å². The van der Waals surface area contributed by atoms with Gasteiger partial charge in [0.1, 0.15) is 5.82 Å². The van der Waals surface area contributed by atoms with Gasteiger partial charge in [0, 0.05) is 29.3 Å². The third-order valence-electron chi connectivity index (χ3n) is 3.79. The summed E-state index contributed by atoms with van der Waals surface area (Å²) in [6, 6.07) is 22.9. The number of nitrogens with zero attached hydrogens (tertiary/aromatic N) is 2. The van der Waals surface area contributed by atoms with Gasteiger partial charge in [-0.15, -0.1) is 11.6 Å². The van der Waals surface area contributed by atoms with E-state index in [-0.39, 0.29) is 0 Å². The molecule has 2 nitrogen and oxygen atoms in total. The van der Waals surface area contributed by atoms with Crippen LogP contribution in [0.2, 0.25) is 0 Å². The summed E-state index contributed by atoms with van der Waals surface area (Å²) in [6.45, 7) is 1.57. The molecule has 0 N–H and O–H groups in total. The van der Waals surface area contributed by atoms with E-state index in [1.54, 1.807) is 0 Å². The lowest BCUT2D eigenvalue weighted by Gasteiger charge is -2.26. The van der Waals surface area contributed by atoms with Crippen molar-refractivity contribution in [1.29, 1.82) is 0 Å². The summed E-state index contributed by atoms with van der Waals surface area (Å²) in [7, 11) is 0. The van der Waals surface area contributed by atoms with Crippen LogP contribution in [0.15, 0.2) is 77.4 Å². The van der Waals surface area contributed by atoms with Gasteiger partial charge in [0.25, 0.3) is 0 Å². The Kier molecular flexibility index (Phi) is 5.89. The van der Waals surface area contributed by atoms with Gasteiger partial charge in [0.2, 0.25) is 0 Å². The van der Waals surface area contributed by atoms with Crippen LogP contribution in [-0.2, 0) is 19.0 Å². The maximum absolute atomic E-state index is 6.17. The molecule has 0 saturated carbocycles. The van der Waals surface area contributed by atoms with Crippen molar-refractivity contribution in [1.82, 2.24) is 4.98 Å². The van der Waals surface area contributed by atoms with Crippen LogP contribution in [0.5, 0.6) is 0 Å². The first kappa shape index (κ1) is 17.0. The maximum atomic E-state index is 6.17. The molecule has 0 amide bonds. The summed E-state index contributed by atoms with van der Waals surface area (Å²) in [5.74, 6) is 1.36. The lowest BCUT2D eigenvalue weighted by Crippen LogP contribution is -2.24. The van der Waals surface area contributed by atoms with E-state index < -0.39 is 0 Å². The quantitative estimate of drug-likeness (QED) is 0.486. The molecule has 0 aliphatic carbocycles. The number of anilines is 1. The van der Waals surface area contributed by atoms with E-state index in [4.69, 9.17) is 11.6 Å². The molecule has 0 fully saturated rings. The van der Waals surface area contributed by atoms with E-state index in [0.717, 1.165) is 28.9 Å². The fourth-order valence-corrected chi connectivity index (χ4v) is 3.25. The maximum Gasteiger partial charge on any atom is 0.133 e. The molecule has 0 aliphatic rings. The van der Waals surface area contributed by atoms with Gasteiger partial charge in [-0.2, -0.15) is 0 Å². The molecule has 0 radical (unpaired) electrons. The van der Waals surface area contributed by atoms with Gasteiger partial charge in [-0.1, -0.05) is 60.7 Å². The first-order valence-corrected chi connectivity index (χ1v) is 9.12. The average molecular weight is 402 g/mol. The van der Waals surface area contributed by atoms with E-state index in [2.05, 4.69) is 74.3 Å². The third kappa shape index (κ3) is 4.37. The molecule has 0 bridgehead atoms. The normalized spacial score (nSPS) is 10.6. The van der Waals surface area contributed by atoms with Gasteiger partial charge in [0.15, 0.2) is 0 Å². The standard InChI is InChI=1S/C20H18BrClN2/c21-19-11-18(12-22)20(23-13-19)24(14-16-7-3-1-4-8-16)15-17-9-5-2-6-10-17/h1-11,13H,12,14-15H2. The molecular formula is C20H18BrClN2. The van der Waals surface area contributed by atoms with Crippen LogP contribution >= 0.6 is 27.5 Å². The molecule has 122 valence electrons. The first-order valence-electron chi connectivity index (χ1n) is 7.79. The Morgan fingerprint density at radius 3 is 1.92 bits per heavy atom. The van der Waals surface area contributed by atoms with Crippen molar-refractivity contribution in [3.8, 4) is 0 Å². The average Bonchev–Trinajstić information content (AvgIpc) is 2.63. The highest BCUT2D eigenvalue weighted by Crippen LogP contribution is 2.26. The molecule has 1 aromatic heterocycles. The van der Waals surface area contributed by atoms with E-state index >= 15 is 0 Å². The Morgan fingerprint density at radius 1 is 0.875 bits per heavy atom. The van der Waals surface area contributed by atoms with E-state index in [1.165, 1.54) is 11.1 Å². The molecule has 0 saturated heterocycles. The predicted octanol–water partition coefficient (Wildman–Crippen LogP) is 5.79. The molecular weight excluding hydrogens is 384 g/mol. The van der Waals surface area contributed by atoms with Crippen molar-refractivity contribution < 1.29 is 0 Å². The van der Waals surface area contributed by atoms with Crippen LogP contribution in [0.3, 0.4) is 0 Å². The monoisotopic (exact) mass is 400 g/mol. The molecule has 0 unspecified atom stereocenters. The Morgan fingerprint density at radius 2 is 1.42 bits per heavy atom. The SMILES string of the molecule is ClCc1cc(Br)cnc1N(Cc1ccccc1)Cc1ccccc1. The zero-order chi connectivity index (χ0) is 16.8. The van der Waals surface area contributed by atoms with Crippen molar-refractivity contribution in [2.75, 3.05) is 4.90 Å². The minimum atomic E-state index is 0.432. The van der Waals surface area contributed by atoms with E-state index in [9.17, 15) is 0 Å². The van der Waals surface area contributed by atoms with Crippen LogP contribution < -0.4 is 4.90 Å². The van der Waals surface area contributed by atoms with Crippen LogP contribution in [-0.4, -0.2) is 4.98 Å². The summed E-state index contributed by atoms with van der Waals surface area (Å²) >= 11 is 9.65. The van der Waals surface area contributed by atoms with Gasteiger partial charge in [-0.25, -0.2) is 4.98 Å². The zero-order valence-electron chi connectivity index (χ0n) is 13.2. The molecule has 4 heteroatoms. The highest BCUT2D eigenvalue weighted by molar-refractivity contribution is 9.10. The lowest BCUT2D eigenvalue weighted by atomic mass is 10.1. The number of halogens is 2. The second-order valence-corrected chi connectivity index (χ2v) is 6.78. The number of hydrogen-bond donors (Lipinski definition) is 0. The van der Waals surface area contributed by atoms with Gasteiger partial charge < -0.3 is 4.90 Å². The van der Waals surface area contributed by atoms with Gasteiger partial charge in [-0.05, 0) is 33.1 Å². The molecule has 0 atom stereocenters. The summed E-state index contributed by atoms with van der Waals surface area (Å²) in [5.41, 5.74) is 3.52. The smallest absolute Gasteiger partial charge is 0.133 e. The molecule has 3 aromatic rings. The van der Waals surface area contributed by atoms with Crippen LogP contribution in [0.1, 0.15) is 16.7 Å². The number of hydrogen-bond acceptors (Lipinski definition) is 2. The lowest BCUT2D eigenvalue weighted by molar-refractivity contribution is 0.778. The first-order chi connectivity index (χ1) is 11.8.